The molecule has 3 N–H and O–H groups in total. The normalized spacial score (nSPS) is 21.3. The van der Waals surface area contributed by atoms with Crippen LogP contribution in [0.4, 0.5) is 5.69 Å². The number of para-hydroxylation sites is 1. The molecule has 2 atom stereocenters. The molecule has 7 heteroatoms. The third kappa shape index (κ3) is 3.25. The van der Waals surface area contributed by atoms with E-state index in [1.165, 1.54) is 0 Å². The molecule has 1 fully saturated rings. The van der Waals surface area contributed by atoms with E-state index in [1.807, 2.05) is 30.3 Å². The summed E-state index contributed by atoms with van der Waals surface area (Å²) in [4.78, 5) is 26.2. The Morgan fingerprint density at radius 3 is 2.65 bits per heavy atom. The number of halogens is 1. The molecule has 6 nitrogen and oxygen atoms in total. The van der Waals surface area contributed by atoms with Crippen molar-refractivity contribution >= 4 is 29.9 Å². The van der Waals surface area contributed by atoms with E-state index >= 15 is 0 Å². The molecule has 136 valence electrons. The summed E-state index contributed by atoms with van der Waals surface area (Å²) in [6.07, 6.45) is 0. The highest BCUT2D eigenvalue weighted by Gasteiger charge is 2.35. The van der Waals surface area contributed by atoms with Gasteiger partial charge in [0.15, 0.2) is 12.4 Å². The minimum Gasteiger partial charge on any atom is -0.481 e. The molecule has 1 saturated heterocycles. The zero-order valence-electron chi connectivity index (χ0n) is 14.1. The van der Waals surface area contributed by atoms with Crippen molar-refractivity contribution in [2.45, 2.75) is 12.0 Å². The molecule has 2 aliphatic rings. The lowest BCUT2D eigenvalue weighted by Crippen LogP contribution is -2.33. The maximum atomic E-state index is 13.0. The van der Waals surface area contributed by atoms with E-state index in [9.17, 15) is 9.59 Å². The second-order valence-electron chi connectivity index (χ2n) is 6.41. The third-order valence-corrected chi connectivity index (χ3v) is 4.75. The average molecular weight is 374 g/mol. The molecule has 4 rings (SSSR count). The molecule has 0 bridgehead atoms. The summed E-state index contributed by atoms with van der Waals surface area (Å²) in [6, 6.07) is 15.1. The quantitative estimate of drug-likeness (QED) is 0.843. The van der Waals surface area contributed by atoms with Gasteiger partial charge in [0, 0.05) is 25.0 Å². The SMILES string of the molecule is Cl.N[C@@H]1CN(C(=O)c2cccc3c2OCC(=O)N3)C[C@H]1c1ccccc1. The minimum atomic E-state index is -0.218. The predicted molar refractivity (Wildman–Crippen MR) is 101 cm³/mol. The third-order valence-electron chi connectivity index (χ3n) is 4.75. The monoisotopic (exact) mass is 373 g/mol. The van der Waals surface area contributed by atoms with Crippen LogP contribution in [-0.2, 0) is 4.79 Å². The highest BCUT2D eigenvalue weighted by Crippen LogP contribution is 2.34. The molecule has 2 aromatic carbocycles. The van der Waals surface area contributed by atoms with E-state index in [0.29, 0.717) is 30.1 Å². The summed E-state index contributed by atoms with van der Waals surface area (Å²) >= 11 is 0. The van der Waals surface area contributed by atoms with E-state index in [1.54, 1.807) is 23.1 Å². The molecule has 0 unspecified atom stereocenters. The maximum Gasteiger partial charge on any atom is 0.262 e. The van der Waals surface area contributed by atoms with E-state index in [0.717, 1.165) is 5.56 Å². The number of rotatable bonds is 2. The molecule has 0 spiro atoms. The predicted octanol–water partition coefficient (Wildman–Crippen LogP) is 2.01. The fourth-order valence-corrected chi connectivity index (χ4v) is 3.50. The number of anilines is 1. The minimum absolute atomic E-state index is 0. The first-order valence-electron chi connectivity index (χ1n) is 8.29. The molecular formula is C19H20ClN3O3. The van der Waals surface area contributed by atoms with E-state index < -0.39 is 0 Å². The van der Waals surface area contributed by atoms with Crippen molar-refractivity contribution < 1.29 is 14.3 Å². The zero-order chi connectivity index (χ0) is 17.4. The van der Waals surface area contributed by atoms with Crippen molar-refractivity contribution in [3.05, 3.63) is 59.7 Å². The molecule has 2 aromatic rings. The molecule has 2 heterocycles. The van der Waals surface area contributed by atoms with Gasteiger partial charge >= 0.3 is 0 Å². The molecule has 2 aliphatic heterocycles. The summed E-state index contributed by atoms with van der Waals surface area (Å²) in [5, 5.41) is 2.73. The van der Waals surface area contributed by atoms with Crippen LogP contribution in [0.25, 0.3) is 0 Å². The van der Waals surface area contributed by atoms with Gasteiger partial charge in [-0.3, -0.25) is 9.59 Å². The number of amides is 2. The highest BCUT2D eigenvalue weighted by molar-refractivity contribution is 6.03. The Morgan fingerprint density at radius 2 is 1.88 bits per heavy atom. The van der Waals surface area contributed by atoms with Gasteiger partial charge in [-0.15, -0.1) is 12.4 Å². The standard InChI is InChI=1S/C19H19N3O3.ClH/c20-15-10-22(9-14(15)12-5-2-1-3-6-12)19(24)13-7-4-8-16-18(13)25-11-17(23)21-16;/h1-8,14-15H,9-11,20H2,(H,21,23);1H/t14-,15+;/m0./s1. The van der Waals surface area contributed by atoms with Crippen LogP contribution in [0.15, 0.2) is 48.5 Å². The van der Waals surface area contributed by atoms with Crippen molar-refractivity contribution in [2.24, 2.45) is 5.73 Å². The van der Waals surface area contributed by atoms with Gasteiger partial charge in [0.05, 0.1) is 11.3 Å². The van der Waals surface area contributed by atoms with Crippen LogP contribution in [-0.4, -0.2) is 42.5 Å². The fourth-order valence-electron chi connectivity index (χ4n) is 3.50. The molecule has 2 amide bonds. The first-order chi connectivity index (χ1) is 12.1. The van der Waals surface area contributed by atoms with Crippen LogP contribution in [0.1, 0.15) is 21.8 Å². The van der Waals surface area contributed by atoms with Gasteiger partial charge in [-0.1, -0.05) is 36.4 Å². The highest BCUT2D eigenvalue weighted by atomic mass is 35.5. The largest absolute Gasteiger partial charge is 0.481 e. The van der Waals surface area contributed by atoms with Crippen LogP contribution in [0, 0.1) is 0 Å². The Kier molecular flexibility index (Phi) is 5.15. The maximum absolute atomic E-state index is 13.0. The van der Waals surface area contributed by atoms with Gasteiger partial charge in [-0.2, -0.15) is 0 Å². The lowest BCUT2D eigenvalue weighted by Gasteiger charge is -2.23. The number of ether oxygens (including phenoxy) is 1. The summed E-state index contributed by atoms with van der Waals surface area (Å²) < 4.78 is 5.50. The van der Waals surface area contributed by atoms with Gasteiger partial charge < -0.3 is 20.7 Å². The number of carbonyl (C=O) groups is 2. The molecular weight excluding hydrogens is 354 g/mol. The van der Waals surface area contributed by atoms with Crippen molar-refractivity contribution in [1.82, 2.24) is 4.90 Å². The second-order valence-corrected chi connectivity index (χ2v) is 6.41. The first kappa shape index (κ1) is 18.2. The summed E-state index contributed by atoms with van der Waals surface area (Å²) in [5.74, 6) is 0.209. The Morgan fingerprint density at radius 1 is 1.12 bits per heavy atom. The van der Waals surface area contributed by atoms with Crippen molar-refractivity contribution in [1.29, 1.82) is 0 Å². The van der Waals surface area contributed by atoms with Gasteiger partial charge in [0.25, 0.3) is 11.8 Å². The molecule has 0 saturated carbocycles. The topological polar surface area (TPSA) is 84.7 Å². The number of hydrogen-bond acceptors (Lipinski definition) is 4. The van der Waals surface area contributed by atoms with Crippen molar-refractivity contribution in [3.63, 3.8) is 0 Å². The lowest BCUT2D eigenvalue weighted by molar-refractivity contribution is -0.118. The average Bonchev–Trinajstić information content (AvgIpc) is 3.03. The van der Waals surface area contributed by atoms with E-state index in [2.05, 4.69) is 5.32 Å². The van der Waals surface area contributed by atoms with Gasteiger partial charge in [-0.25, -0.2) is 0 Å². The number of likely N-dealkylation sites (tertiary alicyclic amines) is 1. The summed E-state index contributed by atoms with van der Waals surface area (Å²) in [6.45, 7) is 0.984. The van der Waals surface area contributed by atoms with E-state index in [4.69, 9.17) is 10.5 Å². The Labute approximate surface area is 157 Å². The van der Waals surface area contributed by atoms with Crippen molar-refractivity contribution in [2.75, 3.05) is 25.0 Å². The van der Waals surface area contributed by atoms with Gasteiger partial charge in [0.1, 0.15) is 0 Å². The Balaban J connectivity index is 0.00000196. The number of nitrogens with zero attached hydrogens (tertiary/aromatic N) is 1. The number of nitrogens with two attached hydrogens (primary N) is 1. The zero-order valence-corrected chi connectivity index (χ0v) is 14.9. The fraction of sp³-hybridized carbons (Fsp3) is 0.263. The lowest BCUT2D eigenvalue weighted by atomic mass is 9.95. The number of nitrogens with one attached hydrogen (secondary N) is 1. The van der Waals surface area contributed by atoms with Crippen LogP contribution in [0.3, 0.4) is 0 Å². The van der Waals surface area contributed by atoms with Crippen LogP contribution < -0.4 is 15.8 Å². The smallest absolute Gasteiger partial charge is 0.262 e. The molecule has 26 heavy (non-hydrogen) atoms. The van der Waals surface area contributed by atoms with Gasteiger partial charge in [-0.05, 0) is 17.7 Å². The molecule has 0 radical (unpaired) electrons. The first-order valence-corrected chi connectivity index (χ1v) is 8.29. The number of hydrogen-bond donors (Lipinski definition) is 2. The van der Waals surface area contributed by atoms with Crippen molar-refractivity contribution in [3.8, 4) is 5.75 Å². The second kappa shape index (κ2) is 7.35. The van der Waals surface area contributed by atoms with Crippen LogP contribution in [0.5, 0.6) is 5.75 Å². The number of carbonyl (C=O) groups excluding carboxylic acids is 2. The number of benzene rings is 2. The molecule has 0 aromatic heterocycles. The summed E-state index contributed by atoms with van der Waals surface area (Å²) in [5.41, 5.74) is 8.42. The number of fused-ring (bicyclic) bond motifs is 1. The Hall–Kier alpha value is -2.57. The van der Waals surface area contributed by atoms with Gasteiger partial charge in [0.2, 0.25) is 0 Å². The van der Waals surface area contributed by atoms with E-state index in [-0.39, 0.29) is 42.8 Å². The summed E-state index contributed by atoms with van der Waals surface area (Å²) in [7, 11) is 0. The molecule has 0 aliphatic carbocycles. The van der Waals surface area contributed by atoms with Crippen LogP contribution >= 0.6 is 12.4 Å². The Bertz CT molecular complexity index is 828. The van der Waals surface area contributed by atoms with Crippen LogP contribution in [0.2, 0.25) is 0 Å².